The molecule has 0 bridgehead atoms. The molecule has 3 rings (SSSR count). The molecule has 7 nitrogen and oxygen atoms in total. The van der Waals surface area contributed by atoms with Crippen LogP contribution in [0.2, 0.25) is 0 Å². The number of amides is 2. The average molecular weight is 396 g/mol. The number of nitrogens with zero attached hydrogens (tertiary/aromatic N) is 2. The third kappa shape index (κ3) is 5.70. The van der Waals surface area contributed by atoms with Gasteiger partial charge in [-0.15, -0.1) is 0 Å². The lowest BCUT2D eigenvalue weighted by Gasteiger charge is -2.31. The van der Waals surface area contributed by atoms with Crippen LogP contribution in [0.1, 0.15) is 41.3 Å². The molecule has 0 unspecified atom stereocenters. The summed E-state index contributed by atoms with van der Waals surface area (Å²) in [6.45, 7) is 7.44. The molecule has 0 atom stereocenters. The Hall–Kier alpha value is -3.09. The molecular formula is C22H28N4O3. The summed E-state index contributed by atoms with van der Waals surface area (Å²) in [7, 11) is 0. The maximum atomic E-state index is 12.5. The van der Waals surface area contributed by atoms with Gasteiger partial charge < -0.3 is 20.3 Å². The van der Waals surface area contributed by atoms with E-state index < -0.39 is 0 Å². The van der Waals surface area contributed by atoms with Gasteiger partial charge in [-0.05, 0) is 69.0 Å². The molecule has 1 fully saturated rings. The number of piperidine rings is 1. The summed E-state index contributed by atoms with van der Waals surface area (Å²) in [6, 6.07) is 9.83. The van der Waals surface area contributed by atoms with E-state index in [0.29, 0.717) is 43.9 Å². The number of hydrogen-bond acceptors (Lipinski definition) is 5. The Bertz CT molecular complexity index is 839. The first-order valence-corrected chi connectivity index (χ1v) is 9.98. The first-order valence-electron chi connectivity index (χ1n) is 9.98. The Kier molecular flexibility index (Phi) is 6.69. The van der Waals surface area contributed by atoms with Crippen LogP contribution in [0.3, 0.4) is 0 Å². The maximum absolute atomic E-state index is 12.5. The molecule has 0 aliphatic carbocycles. The Morgan fingerprint density at radius 1 is 1.14 bits per heavy atom. The van der Waals surface area contributed by atoms with Gasteiger partial charge in [0.15, 0.2) is 0 Å². The monoisotopic (exact) mass is 396 g/mol. The number of likely N-dealkylation sites (tertiary alicyclic amines) is 1. The second-order valence-corrected chi connectivity index (χ2v) is 7.37. The van der Waals surface area contributed by atoms with Crippen molar-refractivity contribution in [3.63, 3.8) is 0 Å². The summed E-state index contributed by atoms with van der Waals surface area (Å²) in [5, 5.41) is 6.30. The predicted molar refractivity (Wildman–Crippen MR) is 113 cm³/mol. The van der Waals surface area contributed by atoms with E-state index >= 15 is 0 Å². The predicted octanol–water partition coefficient (Wildman–Crippen LogP) is 3.79. The van der Waals surface area contributed by atoms with Gasteiger partial charge in [-0.1, -0.05) is 6.07 Å². The molecule has 2 aromatic rings. The number of carbonyl (C=O) groups is 2. The zero-order chi connectivity index (χ0) is 20.8. The van der Waals surface area contributed by atoms with Crippen LogP contribution in [0.5, 0.6) is 0 Å². The topological polar surface area (TPSA) is 83.6 Å². The summed E-state index contributed by atoms with van der Waals surface area (Å²) in [5.41, 5.74) is 3.85. The normalized spacial score (nSPS) is 14.4. The molecule has 0 radical (unpaired) electrons. The van der Waals surface area contributed by atoms with Crippen LogP contribution < -0.4 is 10.6 Å². The number of aromatic nitrogens is 1. The summed E-state index contributed by atoms with van der Waals surface area (Å²) in [5.74, 6) is 0.541. The van der Waals surface area contributed by atoms with Crippen LogP contribution in [-0.4, -0.2) is 47.6 Å². The molecule has 7 heteroatoms. The van der Waals surface area contributed by atoms with Crippen molar-refractivity contribution in [1.82, 2.24) is 15.2 Å². The average Bonchev–Trinajstić information content (AvgIpc) is 2.68. The molecule has 2 amide bonds. The summed E-state index contributed by atoms with van der Waals surface area (Å²) in [6.07, 6.45) is 2.72. The Labute approximate surface area is 171 Å². The second kappa shape index (κ2) is 9.41. The highest BCUT2D eigenvalue weighted by atomic mass is 16.6. The standard InChI is InChI=1S/C22H28N4O3/c1-4-29-22(28)26-9-7-18(8-10-26)25-21(27)17-5-6-20(23-14-17)24-19-12-15(2)11-16(3)13-19/h5-6,11-14,18H,4,7-10H2,1-3H3,(H,23,24)(H,25,27). The molecular weight excluding hydrogens is 368 g/mol. The van der Waals surface area contributed by atoms with E-state index in [1.807, 2.05) is 0 Å². The van der Waals surface area contributed by atoms with Crippen molar-refractivity contribution in [3.8, 4) is 0 Å². The smallest absolute Gasteiger partial charge is 0.409 e. The van der Waals surface area contributed by atoms with Gasteiger partial charge in [-0.3, -0.25) is 4.79 Å². The quantitative estimate of drug-likeness (QED) is 0.803. The van der Waals surface area contributed by atoms with Crippen LogP contribution in [0, 0.1) is 13.8 Å². The highest BCUT2D eigenvalue weighted by Crippen LogP contribution is 2.18. The third-order valence-corrected chi connectivity index (χ3v) is 4.88. The fourth-order valence-corrected chi connectivity index (χ4v) is 3.49. The van der Waals surface area contributed by atoms with Gasteiger partial charge in [0.2, 0.25) is 0 Å². The van der Waals surface area contributed by atoms with Gasteiger partial charge in [-0.25, -0.2) is 9.78 Å². The molecule has 1 saturated heterocycles. The van der Waals surface area contributed by atoms with E-state index in [-0.39, 0.29) is 18.0 Å². The van der Waals surface area contributed by atoms with Crippen LogP contribution in [0.15, 0.2) is 36.5 Å². The second-order valence-electron chi connectivity index (χ2n) is 7.37. The molecule has 1 aromatic carbocycles. The van der Waals surface area contributed by atoms with Gasteiger partial charge >= 0.3 is 6.09 Å². The molecule has 29 heavy (non-hydrogen) atoms. The van der Waals surface area contributed by atoms with Crippen molar-refractivity contribution >= 4 is 23.5 Å². The van der Waals surface area contributed by atoms with Gasteiger partial charge in [0.25, 0.3) is 5.91 Å². The Morgan fingerprint density at radius 2 is 1.83 bits per heavy atom. The first-order chi connectivity index (χ1) is 13.9. The fourth-order valence-electron chi connectivity index (χ4n) is 3.49. The number of ether oxygens (including phenoxy) is 1. The molecule has 0 spiro atoms. The van der Waals surface area contributed by atoms with Crippen molar-refractivity contribution in [2.75, 3.05) is 25.0 Å². The summed E-state index contributed by atoms with van der Waals surface area (Å²) >= 11 is 0. The zero-order valence-corrected chi connectivity index (χ0v) is 17.2. The number of carbonyl (C=O) groups excluding carboxylic acids is 2. The minimum absolute atomic E-state index is 0.0428. The largest absolute Gasteiger partial charge is 0.450 e. The van der Waals surface area contributed by atoms with Crippen LogP contribution >= 0.6 is 0 Å². The SMILES string of the molecule is CCOC(=O)N1CCC(NC(=O)c2ccc(Nc3cc(C)cc(C)c3)nc2)CC1. The van der Waals surface area contributed by atoms with Crippen molar-refractivity contribution in [1.29, 1.82) is 0 Å². The van der Waals surface area contributed by atoms with Crippen LogP contribution in [0.4, 0.5) is 16.3 Å². The van der Waals surface area contributed by atoms with E-state index in [1.54, 1.807) is 30.2 Å². The highest BCUT2D eigenvalue weighted by molar-refractivity contribution is 5.94. The highest BCUT2D eigenvalue weighted by Gasteiger charge is 2.24. The zero-order valence-electron chi connectivity index (χ0n) is 17.2. The van der Waals surface area contributed by atoms with Crippen LogP contribution in [0.25, 0.3) is 0 Å². The maximum Gasteiger partial charge on any atom is 0.409 e. The third-order valence-electron chi connectivity index (χ3n) is 4.88. The van der Waals surface area contributed by atoms with Crippen molar-refractivity contribution in [2.24, 2.45) is 0 Å². The van der Waals surface area contributed by atoms with Crippen molar-refractivity contribution in [3.05, 3.63) is 53.2 Å². The number of pyridine rings is 1. The van der Waals surface area contributed by atoms with Crippen molar-refractivity contribution < 1.29 is 14.3 Å². The molecule has 154 valence electrons. The number of anilines is 2. The lowest BCUT2D eigenvalue weighted by molar-refractivity contribution is 0.0860. The van der Waals surface area contributed by atoms with Gasteiger partial charge in [0.05, 0.1) is 12.2 Å². The number of rotatable bonds is 5. The number of nitrogens with one attached hydrogen (secondary N) is 2. The molecule has 2 heterocycles. The molecule has 1 aliphatic heterocycles. The van der Waals surface area contributed by atoms with Crippen molar-refractivity contribution in [2.45, 2.75) is 39.7 Å². The fraction of sp³-hybridized carbons (Fsp3) is 0.409. The lowest BCUT2D eigenvalue weighted by Crippen LogP contribution is -2.46. The van der Waals surface area contributed by atoms with E-state index in [0.717, 1.165) is 5.69 Å². The molecule has 0 saturated carbocycles. The van der Waals surface area contributed by atoms with E-state index in [9.17, 15) is 9.59 Å². The van der Waals surface area contributed by atoms with Gasteiger partial charge in [0.1, 0.15) is 5.82 Å². The van der Waals surface area contributed by atoms with E-state index in [2.05, 4.69) is 47.7 Å². The summed E-state index contributed by atoms with van der Waals surface area (Å²) < 4.78 is 5.02. The van der Waals surface area contributed by atoms with E-state index in [1.165, 1.54) is 11.1 Å². The lowest BCUT2D eigenvalue weighted by atomic mass is 10.0. The first kappa shape index (κ1) is 20.6. The minimum Gasteiger partial charge on any atom is -0.450 e. The van der Waals surface area contributed by atoms with Gasteiger partial charge in [-0.2, -0.15) is 0 Å². The molecule has 1 aromatic heterocycles. The summed E-state index contributed by atoms with van der Waals surface area (Å²) in [4.78, 5) is 30.3. The Balaban J connectivity index is 1.52. The molecule has 2 N–H and O–H groups in total. The van der Waals surface area contributed by atoms with Gasteiger partial charge in [0, 0.05) is 31.0 Å². The number of hydrogen-bond donors (Lipinski definition) is 2. The van der Waals surface area contributed by atoms with E-state index in [4.69, 9.17) is 4.74 Å². The number of aryl methyl sites for hydroxylation is 2. The number of benzene rings is 1. The van der Waals surface area contributed by atoms with Crippen LogP contribution in [-0.2, 0) is 4.74 Å². The minimum atomic E-state index is -0.284. The Morgan fingerprint density at radius 3 is 2.41 bits per heavy atom. The molecule has 1 aliphatic rings.